The minimum Gasteiger partial charge on any atom is -0.344 e. The van der Waals surface area contributed by atoms with Gasteiger partial charge in [-0.25, -0.2) is 0 Å². The summed E-state index contributed by atoms with van der Waals surface area (Å²) in [6, 6.07) is 9.65. The van der Waals surface area contributed by atoms with Gasteiger partial charge in [-0.05, 0) is 12.5 Å². The SMILES string of the molecule is CCOC(C)(O)OCc1ccccc1. The minimum atomic E-state index is -1.50. The smallest absolute Gasteiger partial charge is 0.277 e. The molecule has 0 fully saturated rings. The lowest BCUT2D eigenvalue weighted by Crippen LogP contribution is -2.31. The van der Waals surface area contributed by atoms with Crippen molar-refractivity contribution in [2.24, 2.45) is 0 Å². The molecule has 3 nitrogen and oxygen atoms in total. The molecule has 78 valence electrons. The van der Waals surface area contributed by atoms with Gasteiger partial charge >= 0.3 is 0 Å². The van der Waals surface area contributed by atoms with Crippen LogP contribution in [0.15, 0.2) is 30.3 Å². The van der Waals surface area contributed by atoms with Crippen LogP contribution >= 0.6 is 0 Å². The van der Waals surface area contributed by atoms with Crippen molar-refractivity contribution in [2.75, 3.05) is 6.61 Å². The zero-order valence-electron chi connectivity index (χ0n) is 8.56. The second kappa shape index (κ2) is 5.10. The second-order valence-corrected chi connectivity index (χ2v) is 3.11. The average Bonchev–Trinajstić information content (AvgIpc) is 2.17. The summed E-state index contributed by atoms with van der Waals surface area (Å²) in [5, 5.41) is 9.53. The Labute approximate surface area is 84.3 Å². The van der Waals surface area contributed by atoms with Crippen LogP contribution in [0.2, 0.25) is 0 Å². The Morgan fingerprint density at radius 2 is 1.86 bits per heavy atom. The van der Waals surface area contributed by atoms with Gasteiger partial charge in [0, 0.05) is 13.5 Å². The molecule has 1 aromatic carbocycles. The van der Waals surface area contributed by atoms with Gasteiger partial charge in [-0.2, -0.15) is 0 Å². The first-order valence-corrected chi connectivity index (χ1v) is 4.68. The largest absolute Gasteiger partial charge is 0.344 e. The van der Waals surface area contributed by atoms with Crippen LogP contribution in [0.3, 0.4) is 0 Å². The van der Waals surface area contributed by atoms with E-state index in [1.165, 1.54) is 6.92 Å². The normalized spacial score (nSPS) is 15.1. The summed E-state index contributed by atoms with van der Waals surface area (Å²) in [7, 11) is 0. The molecule has 0 aromatic heterocycles. The highest BCUT2D eigenvalue weighted by atomic mass is 16.8. The number of hydrogen-bond acceptors (Lipinski definition) is 3. The van der Waals surface area contributed by atoms with E-state index in [-0.39, 0.29) is 0 Å². The summed E-state index contributed by atoms with van der Waals surface area (Å²) < 4.78 is 10.2. The van der Waals surface area contributed by atoms with Crippen molar-refractivity contribution in [3.63, 3.8) is 0 Å². The van der Waals surface area contributed by atoms with E-state index in [9.17, 15) is 5.11 Å². The molecule has 0 saturated heterocycles. The standard InChI is InChI=1S/C11H16O3/c1-3-13-11(2,12)14-9-10-7-5-4-6-8-10/h4-8,12H,3,9H2,1-2H3. The molecule has 0 amide bonds. The first-order valence-electron chi connectivity index (χ1n) is 4.68. The van der Waals surface area contributed by atoms with Crippen LogP contribution in [0.5, 0.6) is 0 Å². The molecular weight excluding hydrogens is 180 g/mol. The molecule has 0 radical (unpaired) electrons. The van der Waals surface area contributed by atoms with Gasteiger partial charge in [0.2, 0.25) is 0 Å². The number of rotatable bonds is 5. The van der Waals surface area contributed by atoms with Crippen LogP contribution in [0.4, 0.5) is 0 Å². The van der Waals surface area contributed by atoms with E-state index in [0.717, 1.165) is 5.56 Å². The summed E-state index contributed by atoms with van der Waals surface area (Å²) in [5.41, 5.74) is 1.01. The van der Waals surface area contributed by atoms with Crippen LogP contribution in [0, 0.1) is 0 Å². The molecule has 0 aliphatic heterocycles. The molecule has 1 rings (SSSR count). The van der Waals surface area contributed by atoms with Gasteiger partial charge in [0.1, 0.15) is 0 Å². The van der Waals surface area contributed by atoms with E-state index in [0.29, 0.717) is 13.2 Å². The Bertz CT molecular complexity index is 256. The van der Waals surface area contributed by atoms with Crippen LogP contribution in [0.25, 0.3) is 0 Å². The van der Waals surface area contributed by atoms with Gasteiger partial charge in [0.05, 0.1) is 6.61 Å². The predicted octanol–water partition coefficient (Wildman–Crippen LogP) is 1.91. The van der Waals surface area contributed by atoms with E-state index in [1.54, 1.807) is 6.92 Å². The molecule has 0 aliphatic rings. The van der Waals surface area contributed by atoms with Crippen LogP contribution in [-0.2, 0) is 16.1 Å². The fourth-order valence-corrected chi connectivity index (χ4v) is 1.10. The maximum atomic E-state index is 9.53. The molecule has 1 atom stereocenters. The molecule has 0 bridgehead atoms. The van der Waals surface area contributed by atoms with Gasteiger partial charge < -0.3 is 14.6 Å². The van der Waals surface area contributed by atoms with E-state index >= 15 is 0 Å². The zero-order chi connectivity index (χ0) is 10.4. The second-order valence-electron chi connectivity index (χ2n) is 3.11. The van der Waals surface area contributed by atoms with Gasteiger partial charge in [-0.1, -0.05) is 30.3 Å². The zero-order valence-corrected chi connectivity index (χ0v) is 8.56. The summed E-state index contributed by atoms with van der Waals surface area (Å²) in [6.45, 7) is 4.05. The highest BCUT2D eigenvalue weighted by Gasteiger charge is 2.20. The lowest BCUT2D eigenvalue weighted by molar-refractivity contribution is -0.352. The Morgan fingerprint density at radius 1 is 1.21 bits per heavy atom. The molecule has 1 unspecified atom stereocenters. The topological polar surface area (TPSA) is 38.7 Å². The van der Waals surface area contributed by atoms with Crippen molar-refractivity contribution < 1.29 is 14.6 Å². The maximum absolute atomic E-state index is 9.53. The van der Waals surface area contributed by atoms with Crippen molar-refractivity contribution in [1.29, 1.82) is 0 Å². The van der Waals surface area contributed by atoms with Crippen molar-refractivity contribution in [3.05, 3.63) is 35.9 Å². The Morgan fingerprint density at radius 3 is 2.43 bits per heavy atom. The third-order valence-corrected chi connectivity index (χ3v) is 1.76. The van der Waals surface area contributed by atoms with Crippen LogP contribution in [0.1, 0.15) is 19.4 Å². The third-order valence-electron chi connectivity index (χ3n) is 1.76. The first-order chi connectivity index (χ1) is 6.64. The molecule has 1 aromatic rings. The third kappa shape index (κ3) is 3.87. The molecule has 0 heterocycles. The number of benzene rings is 1. The maximum Gasteiger partial charge on any atom is 0.277 e. The molecule has 14 heavy (non-hydrogen) atoms. The number of ether oxygens (including phenoxy) is 2. The fraction of sp³-hybridized carbons (Fsp3) is 0.455. The monoisotopic (exact) mass is 196 g/mol. The molecule has 3 heteroatoms. The number of aliphatic hydroxyl groups is 1. The molecule has 0 aliphatic carbocycles. The lowest BCUT2D eigenvalue weighted by atomic mass is 10.2. The predicted molar refractivity (Wildman–Crippen MR) is 53.5 cm³/mol. The van der Waals surface area contributed by atoms with Gasteiger partial charge in [0.15, 0.2) is 0 Å². The Hall–Kier alpha value is -0.900. The van der Waals surface area contributed by atoms with Gasteiger partial charge in [-0.3, -0.25) is 0 Å². The summed E-state index contributed by atoms with van der Waals surface area (Å²) in [4.78, 5) is 0. The van der Waals surface area contributed by atoms with Crippen molar-refractivity contribution in [2.45, 2.75) is 26.4 Å². The van der Waals surface area contributed by atoms with Crippen LogP contribution in [-0.4, -0.2) is 17.7 Å². The fourth-order valence-electron chi connectivity index (χ4n) is 1.10. The van der Waals surface area contributed by atoms with E-state index in [1.807, 2.05) is 30.3 Å². The lowest BCUT2D eigenvalue weighted by Gasteiger charge is -2.22. The minimum absolute atomic E-state index is 0.341. The highest BCUT2D eigenvalue weighted by molar-refractivity contribution is 5.13. The molecular formula is C11H16O3. The molecule has 1 N–H and O–H groups in total. The van der Waals surface area contributed by atoms with Crippen LogP contribution < -0.4 is 0 Å². The van der Waals surface area contributed by atoms with E-state index < -0.39 is 5.97 Å². The summed E-state index contributed by atoms with van der Waals surface area (Å²) in [5.74, 6) is -1.50. The van der Waals surface area contributed by atoms with Crippen molar-refractivity contribution >= 4 is 0 Å². The number of hydrogen-bond donors (Lipinski definition) is 1. The Balaban J connectivity index is 2.40. The molecule has 0 spiro atoms. The quantitative estimate of drug-likeness (QED) is 0.731. The highest BCUT2D eigenvalue weighted by Crippen LogP contribution is 2.11. The van der Waals surface area contributed by atoms with Gasteiger partial charge in [0.25, 0.3) is 5.97 Å². The summed E-state index contributed by atoms with van der Waals surface area (Å²) >= 11 is 0. The summed E-state index contributed by atoms with van der Waals surface area (Å²) in [6.07, 6.45) is 0. The first kappa shape index (κ1) is 11.2. The van der Waals surface area contributed by atoms with Gasteiger partial charge in [-0.15, -0.1) is 0 Å². The van der Waals surface area contributed by atoms with E-state index in [4.69, 9.17) is 9.47 Å². The van der Waals surface area contributed by atoms with Crippen molar-refractivity contribution in [1.82, 2.24) is 0 Å². The van der Waals surface area contributed by atoms with E-state index in [2.05, 4.69) is 0 Å². The average molecular weight is 196 g/mol. The Kier molecular flexibility index (Phi) is 4.07. The molecule has 0 saturated carbocycles. The van der Waals surface area contributed by atoms with Crippen molar-refractivity contribution in [3.8, 4) is 0 Å².